The van der Waals surface area contributed by atoms with Gasteiger partial charge in [-0.2, -0.15) is 4.31 Å². The minimum Gasteiger partial charge on any atom is -0.347 e. The monoisotopic (exact) mass is 429 g/mol. The molecule has 7 nitrogen and oxygen atoms in total. The summed E-state index contributed by atoms with van der Waals surface area (Å²) < 4.78 is 26.9. The van der Waals surface area contributed by atoms with Gasteiger partial charge in [-0.1, -0.05) is 44.2 Å². The van der Waals surface area contributed by atoms with Crippen LogP contribution in [0.25, 0.3) is 0 Å². The Kier molecular flexibility index (Phi) is 6.89. The largest absolute Gasteiger partial charge is 0.347 e. The summed E-state index contributed by atoms with van der Waals surface area (Å²) >= 11 is 0. The maximum Gasteiger partial charge on any atom is 0.246 e. The molecule has 0 saturated carbocycles. The number of sulfonamides is 1. The standard InChI is InChI=1S/C22H27N3O4S/c1-3-24(4-2)30(28,29)19-10-11-20-18(15-19)12-13-25(20)22(27)16-23-21(26)14-17-8-6-5-7-9-17/h5-11,15H,3-4,12-14,16H2,1-2H3,(H,23,26). The number of fused-ring (bicyclic) bond motifs is 1. The highest BCUT2D eigenvalue weighted by atomic mass is 32.2. The second-order valence-corrected chi connectivity index (χ2v) is 9.05. The van der Waals surface area contributed by atoms with Crippen LogP contribution >= 0.6 is 0 Å². The van der Waals surface area contributed by atoms with Gasteiger partial charge in [0.25, 0.3) is 0 Å². The highest BCUT2D eigenvalue weighted by Gasteiger charge is 2.28. The first-order valence-corrected chi connectivity index (χ1v) is 11.5. The van der Waals surface area contributed by atoms with Gasteiger partial charge < -0.3 is 10.2 Å². The van der Waals surface area contributed by atoms with Gasteiger partial charge in [-0.25, -0.2) is 8.42 Å². The fourth-order valence-corrected chi connectivity index (χ4v) is 5.13. The van der Waals surface area contributed by atoms with Crippen LogP contribution in [-0.4, -0.2) is 50.7 Å². The quantitative estimate of drug-likeness (QED) is 0.695. The lowest BCUT2D eigenvalue weighted by atomic mass is 10.1. The Hall–Kier alpha value is -2.71. The van der Waals surface area contributed by atoms with Crippen molar-refractivity contribution in [2.75, 3.05) is 31.1 Å². The molecule has 2 aromatic carbocycles. The number of nitrogens with one attached hydrogen (secondary N) is 1. The number of hydrogen-bond acceptors (Lipinski definition) is 4. The zero-order valence-corrected chi connectivity index (χ0v) is 18.1. The normalized spacial score (nSPS) is 13.4. The molecule has 0 bridgehead atoms. The van der Waals surface area contributed by atoms with Crippen molar-refractivity contribution in [3.63, 3.8) is 0 Å². The molecule has 0 spiro atoms. The van der Waals surface area contributed by atoms with Crippen LogP contribution in [0.3, 0.4) is 0 Å². The van der Waals surface area contributed by atoms with Crippen molar-refractivity contribution in [1.82, 2.24) is 9.62 Å². The molecule has 3 rings (SSSR count). The molecule has 30 heavy (non-hydrogen) atoms. The van der Waals surface area contributed by atoms with Gasteiger partial charge in [-0.15, -0.1) is 0 Å². The van der Waals surface area contributed by atoms with E-state index in [4.69, 9.17) is 0 Å². The van der Waals surface area contributed by atoms with E-state index in [2.05, 4.69) is 5.32 Å². The minimum atomic E-state index is -3.54. The van der Waals surface area contributed by atoms with Gasteiger partial charge in [-0.05, 0) is 35.7 Å². The maximum absolute atomic E-state index is 12.7. The van der Waals surface area contributed by atoms with Crippen LogP contribution in [0, 0.1) is 0 Å². The minimum absolute atomic E-state index is 0.0927. The maximum atomic E-state index is 12.7. The van der Waals surface area contributed by atoms with Crippen LogP contribution in [-0.2, 0) is 32.5 Å². The lowest BCUT2D eigenvalue weighted by molar-refractivity contribution is -0.124. The Bertz CT molecular complexity index is 1020. The highest BCUT2D eigenvalue weighted by Crippen LogP contribution is 2.31. The molecule has 1 aliphatic rings. The molecule has 160 valence electrons. The van der Waals surface area contributed by atoms with E-state index in [9.17, 15) is 18.0 Å². The smallest absolute Gasteiger partial charge is 0.246 e. The predicted octanol–water partition coefficient (Wildman–Crippen LogP) is 1.97. The van der Waals surface area contributed by atoms with E-state index in [1.807, 2.05) is 30.3 Å². The van der Waals surface area contributed by atoms with E-state index in [-0.39, 0.29) is 29.7 Å². The Morgan fingerprint density at radius 2 is 1.77 bits per heavy atom. The van der Waals surface area contributed by atoms with Gasteiger partial charge in [0, 0.05) is 25.3 Å². The van der Waals surface area contributed by atoms with Crippen LogP contribution in [0.5, 0.6) is 0 Å². The molecule has 0 fully saturated rings. The van der Waals surface area contributed by atoms with Gasteiger partial charge in [0.05, 0.1) is 17.9 Å². The van der Waals surface area contributed by atoms with Crippen molar-refractivity contribution in [3.05, 3.63) is 59.7 Å². The van der Waals surface area contributed by atoms with E-state index in [1.165, 1.54) is 4.31 Å². The van der Waals surface area contributed by atoms with E-state index >= 15 is 0 Å². The van der Waals surface area contributed by atoms with Crippen molar-refractivity contribution >= 4 is 27.5 Å². The molecule has 8 heteroatoms. The van der Waals surface area contributed by atoms with Crippen molar-refractivity contribution in [2.45, 2.75) is 31.6 Å². The molecule has 0 saturated heterocycles. The van der Waals surface area contributed by atoms with Crippen LogP contribution in [0.15, 0.2) is 53.4 Å². The Morgan fingerprint density at radius 3 is 2.43 bits per heavy atom. The van der Waals surface area contributed by atoms with E-state index in [0.717, 1.165) is 11.1 Å². The van der Waals surface area contributed by atoms with Crippen LogP contribution in [0.1, 0.15) is 25.0 Å². The summed E-state index contributed by atoms with van der Waals surface area (Å²) in [4.78, 5) is 26.6. The number of carbonyl (C=O) groups is 2. The SMILES string of the molecule is CCN(CC)S(=O)(=O)c1ccc2c(c1)CCN2C(=O)CNC(=O)Cc1ccccc1. The molecule has 2 amide bonds. The second kappa shape index (κ2) is 9.40. The van der Waals surface area contributed by atoms with Gasteiger partial charge in [0.1, 0.15) is 0 Å². The molecule has 0 unspecified atom stereocenters. The Labute approximate surface area is 177 Å². The van der Waals surface area contributed by atoms with Crippen molar-refractivity contribution in [2.24, 2.45) is 0 Å². The third-order valence-electron chi connectivity index (χ3n) is 5.24. The third-order valence-corrected chi connectivity index (χ3v) is 7.28. The van der Waals surface area contributed by atoms with Crippen LogP contribution in [0.4, 0.5) is 5.69 Å². The lowest BCUT2D eigenvalue weighted by Gasteiger charge is -2.20. The molecule has 2 aromatic rings. The average Bonchev–Trinajstić information content (AvgIpc) is 3.17. The lowest BCUT2D eigenvalue weighted by Crippen LogP contribution is -2.39. The van der Waals surface area contributed by atoms with E-state index < -0.39 is 10.0 Å². The van der Waals surface area contributed by atoms with Crippen molar-refractivity contribution < 1.29 is 18.0 Å². The number of benzene rings is 2. The van der Waals surface area contributed by atoms with Crippen molar-refractivity contribution in [1.29, 1.82) is 0 Å². The molecule has 1 aliphatic heterocycles. The van der Waals surface area contributed by atoms with Gasteiger partial charge in [0.15, 0.2) is 0 Å². The molecule has 0 aromatic heterocycles. The summed E-state index contributed by atoms with van der Waals surface area (Å²) in [5.74, 6) is -0.427. The first-order chi connectivity index (χ1) is 14.4. The summed E-state index contributed by atoms with van der Waals surface area (Å²) in [6.45, 7) is 4.80. The number of anilines is 1. The number of amides is 2. The van der Waals surface area contributed by atoms with E-state index in [1.54, 1.807) is 36.9 Å². The Morgan fingerprint density at radius 1 is 1.07 bits per heavy atom. The average molecular weight is 430 g/mol. The summed E-state index contributed by atoms with van der Waals surface area (Å²) in [6, 6.07) is 14.2. The molecule has 0 radical (unpaired) electrons. The van der Waals surface area contributed by atoms with Gasteiger partial charge in [-0.3, -0.25) is 9.59 Å². The van der Waals surface area contributed by atoms with Gasteiger partial charge >= 0.3 is 0 Å². The molecular weight excluding hydrogens is 402 g/mol. The molecule has 0 atom stereocenters. The summed E-state index contributed by atoms with van der Waals surface area (Å²) in [6.07, 6.45) is 0.804. The summed E-state index contributed by atoms with van der Waals surface area (Å²) in [5, 5.41) is 2.67. The fourth-order valence-electron chi connectivity index (χ4n) is 3.62. The Balaban J connectivity index is 1.65. The fraction of sp³-hybridized carbons (Fsp3) is 0.364. The molecular formula is C22H27N3O4S. The van der Waals surface area contributed by atoms with Crippen LogP contribution < -0.4 is 10.2 Å². The summed E-state index contributed by atoms with van der Waals surface area (Å²) in [5.41, 5.74) is 2.42. The van der Waals surface area contributed by atoms with Crippen molar-refractivity contribution in [3.8, 4) is 0 Å². The zero-order valence-electron chi connectivity index (χ0n) is 17.3. The number of carbonyl (C=O) groups excluding carboxylic acids is 2. The highest BCUT2D eigenvalue weighted by molar-refractivity contribution is 7.89. The molecule has 1 N–H and O–H groups in total. The predicted molar refractivity (Wildman–Crippen MR) is 116 cm³/mol. The second-order valence-electron chi connectivity index (χ2n) is 7.11. The third kappa shape index (κ3) is 4.71. The molecule has 1 heterocycles. The zero-order chi connectivity index (χ0) is 21.7. The van der Waals surface area contributed by atoms with Crippen LogP contribution in [0.2, 0.25) is 0 Å². The topological polar surface area (TPSA) is 86.8 Å². The van der Waals surface area contributed by atoms with E-state index in [0.29, 0.717) is 31.7 Å². The molecule has 0 aliphatic carbocycles. The first kappa shape index (κ1) is 22.0. The number of rotatable bonds is 8. The number of hydrogen-bond donors (Lipinski definition) is 1. The number of nitrogens with zero attached hydrogens (tertiary/aromatic N) is 2. The van der Waals surface area contributed by atoms with Gasteiger partial charge in [0.2, 0.25) is 21.8 Å². The first-order valence-electron chi connectivity index (χ1n) is 10.1. The summed E-state index contributed by atoms with van der Waals surface area (Å²) in [7, 11) is -3.54.